The standard InChI is InChI=1S/C9H8BrNO3S/c10-5-1-2-6(9(13)14)7(3-5)15-4-8(11)12/h1-3H,4H2,(H2,11,12)(H,13,14). The molecular formula is C9H8BrNO3S. The van der Waals surface area contributed by atoms with E-state index in [0.717, 1.165) is 16.2 Å². The zero-order valence-corrected chi connectivity index (χ0v) is 9.97. The third-order valence-corrected chi connectivity index (χ3v) is 3.11. The molecule has 4 nitrogen and oxygen atoms in total. The van der Waals surface area contributed by atoms with Gasteiger partial charge in [-0.15, -0.1) is 11.8 Å². The van der Waals surface area contributed by atoms with E-state index in [0.29, 0.717) is 4.90 Å². The van der Waals surface area contributed by atoms with Crippen molar-refractivity contribution in [2.45, 2.75) is 4.90 Å². The number of carbonyl (C=O) groups excluding carboxylic acids is 1. The van der Waals surface area contributed by atoms with Gasteiger partial charge >= 0.3 is 5.97 Å². The van der Waals surface area contributed by atoms with Crippen LogP contribution in [0.1, 0.15) is 10.4 Å². The van der Waals surface area contributed by atoms with Crippen molar-refractivity contribution in [3.63, 3.8) is 0 Å². The molecule has 0 atom stereocenters. The molecule has 0 aliphatic carbocycles. The summed E-state index contributed by atoms with van der Waals surface area (Å²) in [6.45, 7) is 0. The number of hydrogen-bond donors (Lipinski definition) is 2. The van der Waals surface area contributed by atoms with Gasteiger partial charge in [0.25, 0.3) is 0 Å². The van der Waals surface area contributed by atoms with E-state index in [1.165, 1.54) is 6.07 Å². The fourth-order valence-corrected chi connectivity index (χ4v) is 2.27. The van der Waals surface area contributed by atoms with Crippen molar-refractivity contribution < 1.29 is 14.7 Å². The maximum Gasteiger partial charge on any atom is 0.336 e. The maximum absolute atomic E-state index is 10.8. The highest BCUT2D eigenvalue weighted by molar-refractivity contribution is 9.10. The van der Waals surface area contributed by atoms with Gasteiger partial charge in [0, 0.05) is 9.37 Å². The molecule has 0 aliphatic heterocycles. The van der Waals surface area contributed by atoms with Crippen molar-refractivity contribution in [1.82, 2.24) is 0 Å². The number of aromatic carboxylic acids is 1. The number of thioether (sulfide) groups is 1. The number of rotatable bonds is 4. The van der Waals surface area contributed by atoms with E-state index in [1.54, 1.807) is 12.1 Å². The second-order valence-corrected chi connectivity index (χ2v) is 4.63. The SMILES string of the molecule is NC(=O)CSc1cc(Br)ccc1C(=O)O. The molecular weight excluding hydrogens is 282 g/mol. The largest absolute Gasteiger partial charge is 0.478 e. The van der Waals surface area contributed by atoms with Crippen LogP contribution >= 0.6 is 27.7 Å². The van der Waals surface area contributed by atoms with Crippen LogP contribution in [0.5, 0.6) is 0 Å². The first kappa shape index (κ1) is 12.1. The van der Waals surface area contributed by atoms with Gasteiger partial charge in [0.1, 0.15) is 0 Å². The molecule has 0 aliphatic rings. The van der Waals surface area contributed by atoms with Gasteiger partial charge in [-0.3, -0.25) is 4.79 Å². The van der Waals surface area contributed by atoms with Crippen LogP contribution in [0.25, 0.3) is 0 Å². The minimum absolute atomic E-state index is 0.0662. The lowest BCUT2D eigenvalue weighted by Crippen LogP contribution is -2.13. The normalized spacial score (nSPS) is 9.93. The maximum atomic E-state index is 10.8. The molecule has 15 heavy (non-hydrogen) atoms. The number of carboxylic acids is 1. The van der Waals surface area contributed by atoms with Gasteiger partial charge in [-0.05, 0) is 18.2 Å². The summed E-state index contributed by atoms with van der Waals surface area (Å²) in [7, 11) is 0. The molecule has 1 aromatic rings. The molecule has 0 spiro atoms. The predicted octanol–water partition coefficient (Wildman–Crippen LogP) is 1.72. The fourth-order valence-electron chi connectivity index (χ4n) is 0.941. The summed E-state index contributed by atoms with van der Waals surface area (Å²) >= 11 is 4.34. The Morgan fingerprint density at radius 2 is 2.13 bits per heavy atom. The highest BCUT2D eigenvalue weighted by Gasteiger charge is 2.11. The van der Waals surface area contributed by atoms with Gasteiger partial charge in [0.05, 0.1) is 11.3 Å². The molecule has 0 saturated heterocycles. The molecule has 0 fully saturated rings. The molecule has 1 rings (SSSR count). The second-order valence-electron chi connectivity index (χ2n) is 2.70. The minimum atomic E-state index is -1.02. The highest BCUT2D eigenvalue weighted by Crippen LogP contribution is 2.26. The Kier molecular flexibility index (Phi) is 4.16. The van der Waals surface area contributed by atoms with Crippen LogP contribution in [0, 0.1) is 0 Å². The lowest BCUT2D eigenvalue weighted by atomic mass is 10.2. The van der Waals surface area contributed by atoms with Crippen LogP contribution in [0.15, 0.2) is 27.6 Å². The van der Waals surface area contributed by atoms with Gasteiger partial charge in [-0.1, -0.05) is 15.9 Å². The van der Waals surface area contributed by atoms with Crippen molar-refractivity contribution in [2.75, 3.05) is 5.75 Å². The van der Waals surface area contributed by atoms with Crippen molar-refractivity contribution in [1.29, 1.82) is 0 Å². The number of carboxylic acid groups (broad SMARTS) is 1. The smallest absolute Gasteiger partial charge is 0.336 e. The zero-order valence-electron chi connectivity index (χ0n) is 7.57. The van der Waals surface area contributed by atoms with Gasteiger partial charge in [-0.25, -0.2) is 4.79 Å². The number of amides is 1. The summed E-state index contributed by atoms with van der Waals surface area (Å²) in [4.78, 5) is 21.9. The fraction of sp³-hybridized carbons (Fsp3) is 0.111. The van der Waals surface area contributed by atoms with Crippen molar-refractivity contribution in [3.05, 3.63) is 28.2 Å². The Morgan fingerprint density at radius 3 is 2.67 bits per heavy atom. The van der Waals surface area contributed by atoms with E-state index in [2.05, 4.69) is 15.9 Å². The number of carbonyl (C=O) groups is 2. The summed E-state index contributed by atoms with van der Waals surface area (Å²) in [6, 6.07) is 4.77. The predicted molar refractivity (Wildman–Crippen MR) is 61.0 cm³/mol. The Bertz CT molecular complexity index is 408. The molecule has 0 unspecified atom stereocenters. The Labute approximate surface area is 99.0 Å². The topological polar surface area (TPSA) is 80.4 Å². The molecule has 0 saturated carbocycles. The van der Waals surface area contributed by atoms with Crippen LogP contribution in [0.2, 0.25) is 0 Å². The average molecular weight is 290 g/mol. The van der Waals surface area contributed by atoms with E-state index in [-0.39, 0.29) is 11.3 Å². The van der Waals surface area contributed by atoms with Crippen LogP contribution in [0.4, 0.5) is 0 Å². The number of primary amides is 1. The first-order chi connectivity index (χ1) is 7.00. The van der Waals surface area contributed by atoms with Gasteiger partial charge in [0.2, 0.25) is 5.91 Å². The summed E-state index contributed by atoms with van der Waals surface area (Å²) < 4.78 is 0.763. The van der Waals surface area contributed by atoms with Crippen LogP contribution in [-0.4, -0.2) is 22.7 Å². The summed E-state index contributed by atoms with van der Waals surface area (Å²) in [5.41, 5.74) is 5.16. The van der Waals surface area contributed by atoms with Crippen molar-refractivity contribution >= 4 is 39.6 Å². The third-order valence-electron chi connectivity index (χ3n) is 1.54. The van der Waals surface area contributed by atoms with Crippen LogP contribution in [0.3, 0.4) is 0 Å². The molecule has 1 aromatic carbocycles. The third kappa shape index (κ3) is 3.56. The summed E-state index contributed by atoms with van der Waals surface area (Å²) in [6.07, 6.45) is 0. The van der Waals surface area contributed by atoms with Gasteiger partial charge < -0.3 is 10.8 Å². The second kappa shape index (κ2) is 5.18. The minimum Gasteiger partial charge on any atom is -0.478 e. The van der Waals surface area contributed by atoms with E-state index in [4.69, 9.17) is 10.8 Å². The van der Waals surface area contributed by atoms with E-state index < -0.39 is 11.9 Å². The van der Waals surface area contributed by atoms with Crippen LogP contribution in [-0.2, 0) is 4.79 Å². The molecule has 6 heteroatoms. The molecule has 0 bridgehead atoms. The number of hydrogen-bond acceptors (Lipinski definition) is 3. The molecule has 1 amide bonds. The van der Waals surface area contributed by atoms with E-state index in [9.17, 15) is 9.59 Å². The van der Waals surface area contributed by atoms with Crippen LogP contribution < -0.4 is 5.73 Å². The lowest BCUT2D eigenvalue weighted by Gasteiger charge is -2.04. The molecule has 0 aromatic heterocycles. The molecule has 80 valence electrons. The van der Waals surface area contributed by atoms with Crippen molar-refractivity contribution in [2.24, 2.45) is 5.73 Å². The van der Waals surface area contributed by atoms with Crippen molar-refractivity contribution in [3.8, 4) is 0 Å². The number of nitrogens with two attached hydrogens (primary N) is 1. The lowest BCUT2D eigenvalue weighted by molar-refractivity contribution is -0.115. The molecule has 0 heterocycles. The monoisotopic (exact) mass is 289 g/mol. The Morgan fingerprint density at radius 1 is 1.47 bits per heavy atom. The summed E-state index contributed by atoms with van der Waals surface area (Å²) in [5, 5.41) is 8.88. The summed E-state index contributed by atoms with van der Waals surface area (Å²) in [5.74, 6) is -1.43. The van der Waals surface area contributed by atoms with Gasteiger partial charge in [0.15, 0.2) is 0 Å². The Hall–Kier alpha value is -1.01. The van der Waals surface area contributed by atoms with E-state index >= 15 is 0 Å². The average Bonchev–Trinajstić information content (AvgIpc) is 2.14. The highest BCUT2D eigenvalue weighted by atomic mass is 79.9. The number of halogens is 1. The van der Waals surface area contributed by atoms with Gasteiger partial charge in [-0.2, -0.15) is 0 Å². The Balaban J connectivity index is 2.96. The molecule has 0 radical (unpaired) electrons. The number of benzene rings is 1. The quantitative estimate of drug-likeness (QED) is 0.827. The molecule has 3 N–H and O–H groups in total. The zero-order chi connectivity index (χ0) is 11.4. The first-order valence-corrected chi connectivity index (χ1v) is 5.72. The first-order valence-electron chi connectivity index (χ1n) is 3.94. The van der Waals surface area contributed by atoms with E-state index in [1.807, 2.05) is 0 Å².